The minimum atomic E-state index is -3.54. The lowest BCUT2D eigenvalue weighted by molar-refractivity contribution is 0.139. The molecule has 7 heteroatoms. The van der Waals surface area contributed by atoms with E-state index in [1.165, 1.54) is 4.88 Å². The summed E-state index contributed by atoms with van der Waals surface area (Å²) in [6.45, 7) is 5.39. The zero-order chi connectivity index (χ0) is 17.5. The molecule has 0 radical (unpaired) electrons. The molecule has 1 aromatic carbocycles. The maximum absolute atomic E-state index is 12.1. The second-order valence-corrected chi connectivity index (χ2v) is 8.89. The summed E-state index contributed by atoms with van der Waals surface area (Å²) < 4.78 is 29.3. The molecule has 0 saturated carbocycles. The molecule has 0 atom stereocenters. The second-order valence-electron chi connectivity index (χ2n) is 6.17. The van der Waals surface area contributed by atoms with Gasteiger partial charge in [0.1, 0.15) is 5.75 Å². The van der Waals surface area contributed by atoms with Crippen LogP contribution < -0.4 is 4.18 Å². The highest BCUT2D eigenvalue weighted by Gasteiger charge is 2.20. The van der Waals surface area contributed by atoms with Gasteiger partial charge in [-0.25, -0.2) is 0 Å². The molecule has 0 unspecified atom stereocenters. The van der Waals surface area contributed by atoms with Crippen molar-refractivity contribution < 1.29 is 12.6 Å². The number of hydrogen-bond acceptors (Lipinski definition) is 6. The van der Waals surface area contributed by atoms with Crippen LogP contribution in [0.5, 0.6) is 5.75 Å². The van der Waals surface area contributed by atoms with Crippen LogP contribution in [0.3, 0.4) is 0 Å². The Labute approximate surface area is 154 Å². The highest BCUT2D eigenvalue weighted by molar-refractivity contribution is 7.87. The van der Waals surface area contributed by atoms with Gasteiger partial charge in [-0.2, -0.15) is 8.42 Å². The van der Waals surface area contributed by atoms with Gasteiger partial charge in [-0.05, 0) is 30.0 Å². The first-order valence-corrected chi connectivity index (χ1v) is 11.0. The molecule has 25 heavy (non-hydrogen) atoms. The van der Waals surface area contributed by atoms with Gasteiger partial charge in [0.05, 0.1) is 5.75 Å². The van der Waals surface area contributed by atoms with Gasteiger partial charge < -0.3 is 9.08 Å². The summed E-state index contributed by atoms with van der Waals surface area (Å²) in [4.78, 5) is 6.07. The molecule has 1 aromatic heterocycles. The number of hydrogen-bond donors (Lipinski definition) is 0. The van der Waals surface area contributed by atoms with Gasteiger partial charge in [0.15, 0.2) is 0 Å². The lowest BCUT2D eigenvalue weighted by Gasteiger charge is -2.34. The van der Waals surface area contributed by atoms with Crippen LogP contribution >= 0.6 is 11.3 Å². The number of para-hydroxylation sites is 1. The average molecular weight is 381 g/mol. The fourth-order valence-corrected chi connectivity index (χ4v) is 4.53. The molecular formula is C18H24N2O3S2. The van der Waals surface area contributed by atoms with Crippen molar-refractivity contribution in [3.63, 3.8) is 0 Å². The van der Waals surface area contributed by atoms with Crippen LogP contribution in [0.2, 0.25) is 0 Å². The summed E-state index contributed by atoms with van der Waals surface area (Å²) in [5.74, 6) is 0.401. The van der Waals surface area contributed by atoms with Crippen molar-refractivity contribution >= 4 is 21.5 Å². The van der Waals surface area contributed by atoms with E-state index < -0.39 is 10.1 Å². The predicted octanol–water partition coefficient (Wildman–Crippen LogP) is 2.32. The van der Waals surface area contributed by atoms with Gasteiger partial charge >= 0.3 is 10.1 Å². The summed E-state index contributed by atoms with van der Waals surface area (Å²) in [5.41, 5.74) is 0. The smallest absolute Gasteiger partial charge is 0.310 e. The van der Waals surface area contributed by atoms with E-state index in [0.29, 0.717) is 12.3 Å². The minimum Gasteiger partial charge on any atom is -0.382 e. The van der Waals surface area contributed by atoms with Gasteiger partial charge in [-0.3, -0.25) is 4.90 Å². The van der Waals surface area contributed by atoms with E-state index in [4.69, 9.17) is 4.18 Å². The van der Waals surface area contributed by atoms with Crippen molar-refractivity contribution in [2.75, 3.05) is 45.0 Å². The number of rotatable bonds is 8. The maximum Gasteiger partial charge on any atom is 0.310 e. The Bertz CT molecular complexity index is 725. The van der Waals surface area contributed by atoms with E-state index in [2.05, 4.69) is 27.3 Å². The number of piperazine rings is 1. The molecule has 0 aliphatic carbocycles. The number of benzene rings is 1. The van der Waals surface area contributed by atoms with E-state index in [1.807, 2.05) is 6.07 Å². The van der Waals surface area contributed by atoms with Crippen LogP contribution in [0, 0.1) is 0 Å². The second kappa shape index (κ2) is 8.80. The quantitative estimate of drug-likeness (QED) is 0.658. The Morgan fingerprint density at radius 3 is 2.24 bits per heavy atom. The molecular weight excluding hydrogens is 356 g/mol. The third-order valence-electron chi connectivity index (χ3n) is 4.34. The van der Waals surface area contributed by atoms with Crippen molar-refractivity contribution in [1.82, 2.24) is 9.80 Å². The summed E-state index contributed by atoms with van der Waals surface area (Å²) >= 11 is 1.81. The molecule has 1 aliphatic heterocycles. The standard InChI is InChI=1S/C18H24N2O3S2/c21-25(22,23-17-5-2-1-3-6-17)16-14-20-12-10-19(11-13-20)9-8-18-7-4-15-24-18/h1-7,15H,8-14,16H2. The Kier molecular flexibility index (Phi) is 6.47. The third-order valence-corrected chi connectivity index (χ3v) is 6.41. The van der Waals surface area contributed by atoms with E-state index in [9.17, 15) is 8.42 Å². The number of nitrogens with zero attached hydrogens (tertiary/aromatic N) is 2. The lowest BCUT2D eigenvalue weighted by atomic mass is 10.2. The van der Waals surface area contributed by atoms with Crippen LogP contribution in [0.15, 0.2) is 47.8 Å². The third kappa shape index (κ3) is 6.11. The minimum absolute atomic E-state index is 0.0249. The Balaban J connectivity index is 1.37. The molecule has 3 rings (SSSR count). The van der Waals surface area contributed by atoms with Gasteiger partial charge in [0.25, 0.3) is 0 Å². The van der Waals surface area contributed by atoms with E-state index in [1.54, 1.807) is 35.6 Å². The highest BCUT2D eigenvalue weighted by atomic mass is 32.2. The molecule has 0 N–H and O–H groups in total. The zero-order valence-electron chi connectivity index (χ0n) is 14.2. The largest absolute Gasteiger partial charge is 0.382 e. The van der Waals surface area contributed by atoms with Crippen molar-refractivity contribution in [2.24, 2.45) is 0 Å². The van der Waals surface area contributed by atoms with Crippen molar-refractivity contribution in [3.05, 3.63) is 52.7 Å². The molecule has 0 spiro atoms. The fourth-order valence-electron chi connectivity index (χ4n) is 2.86. The molecule has 0 amide bonds. The van der Waals surface area contributed by atoms with E-state index >= 15 is 0 Å². The van der Waals surface area contributed by atoms with Gasteiger partial charge in [-0.15, -0.1) is 11.3 Å². The van der Waals surface area contributed by atoms with E-state index in [0.717, 1.165) is 39.1 Å². The SMILES string of the molecule is O=S(=O)(CCN1CCN(CCc2cccs2)CC1)Oc1ccccc1. The Morgan fingerprint density at radius 2 is 1.60 bits per heavy atom. The summed E-state index contributed by atoms with van der Waals surface area (Å²) in [6, 6.07) is 12.9. The van der Waals surface area contributed by atoms with Crippen LogP contribution in [-0.4, -0.2) is 63.2 Å². The van der Waals surface area contributed by atoms with Crippen LogP contribution in [-0.2, 0) is 16.5 Å². The average Bonchev–Trinajstić information content (AvgIpc) is 3.13. The lowest BCUT2D eigenvalue weighted by Crippen LogP contribution is -2.48. The molecule has 1 aliphatic rings. The highest BCUT2D eigenvalue weighted by Crippen LogP contribution is 2.13. The number of thiophene rings is 1. The zero-order valence-corrected chi connectivity index (χ0v) is 15.8. The first-order chi connectivity index (χ1) is 12.1. The van der Waals surface area contributed by atoms with Crippen LogP contribution in [0.4, 0.5) is 0 Å². The first-order valence-electron chi connectivity index (χ1n) is 8.55. The molecule has 136 valence electrons. The monoisotopic (exact) mass is 380 g/mol. The van der Waals surface area contributed by atoms with Crippen molar-refractivity contribution in [3.8, 4) is 5.75 Å². The summed E-state index contributed by atoms with van der Waals surface area (Å²) in [6.07, 6.45) is 1.09. The molecule has 1 fully saturated rings. The van der Waals surface area contributed by atoms with Gasteiger partial charge in [0.2, 0.25) is 0 Å². The predicted molar refractivity (Wildman–Crippen MR) is 102 cm³/mol. The van der Waals surface area contributed by atoms with Crippen molar-refractivity contribution in [1.29, 1.82) is 0 Å². The van der Waals surface area contributed by atoms with E-state index in [-0.39, 0.29) is 5.75 Å². The molecule has 2 aromatic rings. The fraction of sp³-hybridized carbons (Fsp3) is 0.444. The van der Waals surface area contributed by atoms with Gasteiger partial charge in [-0.1, -0.05) is 24.3 Å². The van der Waals surface area contributed by atoms with Crippen molar-refractivity contribution in [2.45, 2.75) is 6.42 Å². The topological polar surface area (TPSA) is 49.9 Å². The first kappa shape index (κ1) is 18.4. The Hall–Kier alpha value is -1.41. The molecule has 5 nitrogen and oxygen atoms in total. The normalized spacial score (nSPS) is 16.8. The summed E-state index contributed by atoms with van der Waals surface area (Å²) in [5, 5.41) is 2.12. The maximum atomic E-state index is 12.1. The van der Waals surface area contributed by atoms with Gasteiger partial charge in [0, 0.05) is 44.1 Å². The van der Waals surface area contributed by atoms with Crippen LogP contribution in [0.1, 0.15) is 4.88 Å². The van der Waals surface area contributed by atoms with Crippen LogP contribution in [0.25, 0.3) is 0 Å². The Morgan fingerprint density at radius 1 is 0.920 bits per heavy atom. The molecule has 1 saturated heterocycles. The molecule has 0 bridgehead atoms. The summed E-state index contributed by atoms with van der Waals surface area (Å²) in [7, 11) is -3.54. The molecule has 2 heterocycles.